The minimum atomic E-state index is -0.232. The zero-order chi connectivity index (χ0) is 8.72. The molecule has 0 aliphatic heterocycles. The van der Waals surface area contributed by atoms with E-state index in [0.29, 0.717) is 5.58 Å². The van der Waals surface area contributed by atoms with Crippen LogP contribution in [-0.4, -0.2) is 0 Å². The van der Waals surface area contributed by atoms with Crippen molar-refractivity contribution in [3.8, 4) is 0 Å². The summed E-state index contributed by atoms with van der Waals surface area (Å²) in [6, 6.07) is 3.94. The minimum Gasteiger partial charge on any atom is -0.413 e. The zero-order valence-corrected chi connectivity index (χ0v) is 10.8. The second-order valence-electron chi connectivity index (χ2n) is 2.17. The highest BCUT2D eigenvalue weighted by molar-refractivity contribution is 14.1. The summed E-state index contributed by atoms with van der Waals surface area (Å²) >= 11 is 5.54. The number of hydrogen-bond donors (Lipinski definition) is 0. The van der Waals surface area contributed by atoms with E-state index in [2.05, 4.69) is 45.2 Å². The first-order chi connectivity index (χ1) is 5.66. The third-order valence-electron chi connectivity index (χ3n) is 1.35. The molecule has 0 spiro atoms. The largest absolute Gasteiger partial charge is 0.413 e. The van der Waals surface area contributed by atoms with Gasteiger partial charge in [0.25, 0.3) is 0 Å². The predicted molar refractivity (Wildman–Crippen MR) is 65.8 cm³/mol. The molecule has 0 aliphatic carbocycles. The summed E-state index contributed by atoms with van der Waals surface area (Å²) in [6.45, 7) is 0. The van der Waals surface area contributed by atoms with Crippen LogP contribution >= 0.6 is 56.5 Å². The summed E-state index contributed by atoms with van der Waals surface area (Å²) < 4.78 is 8.05. The van der Waals surface area contributed by atoms with Gasteiger partial charge in [-0.1, -0.05) is 11.3 Å². The molecule has 2 aromatic rings. The Morgan fingerprint density at radius 2 is 2.08 bits per heavy atom. The Balaban J connectivity index is 2.97. The van der Waals surface area contributed by atoms with Crippen LogP contribution in [0.1, 0.15) is 0 Å². The van der Waals surface area contributed by atoms with Gasteiger partial charge in [0, 0.05) is 3.57 Å². The van der Waals surface area contributed by atoms with Crippen LogP contribution in [0.25, 0.3) is 10.3 Å². The Morgan fingerprint density at radius 1 is 1.33 bits per heavy atom. The first-order valence-electron chi connectivity index (χ1n) is 3.05. The lowest BCUT2D eigenvalue weighted by atomic mass is 10.3. The van der Waals surface area contributed by atoms with Crippen LogP contribution in [0.5, 0.6) is 0 Å². The van der Waals surface area contributed by atoms with E-state index in [1.54, 1.807) is 0 Å². The van der Waals surface area contributed by atoms with Gasteiger partial charge in [0.2, 0.25) is 0 Å². The molecule has 2 rings (SSSR count). The van der Waals surface area contributed by atoms with Crippen LogP contribution in [0, 0.1) is 7.14 Å². The lowest BCUT2D eigenvalue weighted by molar-refractivity contribution is 0.583. The normalized spacial score (nSPS) is 10.8. The lowest BCUT2D eigenvalue weighted by Gasteiger charge is -1.92. The molecule has 0 atom stereocenters. The van der Waals surface area contributed by atoms with Gasteiger partial charge in [0.05, 0.1) is 8.27 Å². The molecular formula is C7H2I2O2S. The fraction of sp³-hybridized carbons (Fsp3) is 0. The highest BCUT2D eigenvalue weighted by atomic mass is 127. The van der Waals surface area contributed by atoms with Gasteiger partial charge in [-0.2, -0.15) is 0 Å². The highest BCUT2D eigenvalue weighted by Gasteiger charge is 2.06. The summed E-state index contributed by atoms with van der Waals surface area (Å²) in [4.78, 5) is 10.7. The van der Waals surface area contributed by atoms with Crippen LogP contribution in [0.3, 0.4) is 0 Å². The Morgan fingerprint density at radius 3 is 2.83 bits per heavy atom. The number of benzene rings is 1. The van der Waals surface area contributed by atoms with Crippen molar-refractivity contribution >= 4 is 66.8 Å². The van der Waals surface area contributed by atoms with E-state index in [0.717, 1.165) is 23.2 Å². The van der Waals surface area contributed by atoms with Crippen LogP contribution in [0.4, 0.5) is 0 Å². The first kappa shape index (κ1) is 8.95. The van der Waals surface area contributed by atoms with Crippen LogP contribution in [-0.2, 0) is 0 Å². The van der Waals surface area contributed by atoms with Gasteiger partial charge in [0.1, 0.15) is 0 Å². The Hall–Kier alpha value is 0.370. The number of halogens is 2. The molecule has 62 valence electrons. The molecule has 1 aromatic heterocycles. The van der Waals surface area contributed by atoms with E-state index in [1.165, 1.54) is 0 Å². The van der Waals surface area contributed by atoms with Crippen molar-refractivity contribution < 1.29 is 4.42 Å². The average Bonchev–Trinajstić information content (AvgIpc) is 2.29. The van der Waals surface area contributed by atoms with E-state index in [-0.39, 0.29) is 4.94 Å². The van der Waals surface area contributed by atoms with E-state index in [4.69, 9.17) is 4.42 Å². The van der Waals surface area contributed by atoms with Gasteiger partial charge in [0.15, 0.2) is 5.58 Å². The average molecular weight is 404 g/mol. The second-order valence-corrected chi connectivity index (χ2v) is 5.55. The molecule has 2 nitrogen and oxygen atoms in total. The van der Waals surface area contributed by atoms with Gasteiger partial charge < -0.3 is 4.42 Å². The molecule has 0 aliphatic rings. The highest BCUT2D eigenvalue weighted by Crippen LogP contribution is 2.25. The molecule has 0 unspecified atom stereocenters. The molecule has 0 saturated heterocycles. The maximum atomic E-state index is 10.9. The van der Waals surface area contributed by atoms with Crippen molar-refractivity contribution in [3.63, 3.8) is 0 Å². The van der Waals surface area contributed by atoms with Crippen LogP contribution in [0.2, 0.25) is 0 Å². The quantitative estimate of drug-likeness (QED) is 0.633. The van der Waals surface area contributed by atoms with E-state index in [1.807, 2.05) is 12.1 Å². The molecule has 0 fully saturated rings. The summed E-state index contributed by atoms with van der Waals surface area (Å²) in [5, 5.41) is 0. The zero-order valence-electron chi connectivity index (χ0n) is 5.64. The minimum absolute atomic E-state index is 0.232. The fourth-order valence-electron chi connectivity index (χ4n) is 0.906. The van der Waals surface area contributed by atoms with E-state index < -0.39 is 0 Å². The van der Waals surface area contributed by atoms with Crippen molar-refractivity contribution in [2.24, 2.45) is 0 Å². The standard InChI is InChI=1S/C7H2I2O2S/c8-3-1-4(9)6-5(2-3)12-7(10)11-6/h1-2H. The van der Waals surface area contributed by atoms with Crippen molar-refractivity contribution in [1.29, 1.82) is 0 Å². The lowest BCUT2D eigenvalue weighted by Crippen LogP contribution is -1.80. The van der Waals surface area contributed by atoms with Gasteiger partial charge in [-0.15, -0.1) is 0 Å². The molecule has 0 amide bonds. The molecule has 0 radical (unpaired) electrons. The fourth-order valence-corrected chi connectivity index (χ4v) is 3.99. The Labute approximate surface area is 99.2 Å². The SMILES string of the molecule is O=c1oc2c(I)cc(I)cc2s1. The molecule has 0 saturated carbocycles. The van der Waals surface area contributed by atoms with Gasteiger partial charge >= 0.3 is 4.94 Å². The third-order valence-corrected chi connectivity index (χ3v) is 3.55. The molecular weight excluding hydrogens is 402 g/mol. The molecule has 0 bridgehead atoms. The molecule has 1 aromatic carbocycles. The summed E-state index contributed by atoms with van der Waals surface area (Å²) in [7, 11) is 0. The van der Waals surface area contributed by atoms with Crippen molar-refractivity contribution in [3.05, 3.63) is 29.0 Å². The Kier molecular flexibility index (Phi) is 2.43. The topological polar surface area (TPSA) is 30.2 Å². The predicted octanol–water partition coefficient (Wildman–Crippen LogP) is 3.06. The molecule has 12 heavy (non-hydrogen) atoms. The van der Waals surface area contributed by atoms with Crippen molar-refractivity contribution in [1.82, 2.24) is 0 Å². The molecule has 1 heterocycles. The summed E-state index contributed by atoms with van der Waals surface area (Å²) in [5.41, 5.74) is 0.714. The third kappa shape index (κ3) is 1.53. The van der Waals surface area contributed by atoms with E-state index in [9.17, 15) is 4.79 Å². The molecule has 0 N–H and O–H groups in total. The van der Waals surface area contributed by atoms with Gasteiger partial charge in [-0.25, -0.2) is 4.79 Å². The maximum Gasteiger partial charge on any atom is 0.396 e. The summed E-state index contributed by atoms with van der Waals surface area (Å²) in [5.74, 6) is 0. The molecule has 5 heteroatoms. The van der Waals surface area contributed by atoms with Crippen LogP contribution < -0.4 is 4.94 Å². The number of fused-ring (bicyclic) bond motifs is 1. The summed E-state index contributed by atoms with van der Waals surface area (Å²) in [6.07, 6.45) is 0. The van der Waals surface area contributed by atoms with E-state index >= 15 is 0 Å². The van der Waals surface area contributed by atoms with Crippen molar-refractivity contribution in [2.75, 3.05) is 0 Å². The Bertz CT molecular complexity index is 486. The second kappa shape index (κ2) is 3.26. The number of hydrogen-bond acceptors (Lipinski definition) is 3. The van der Waals surface area contributed by atoms with Crippen LogP contribution in [0.15, 0.2) is 21.3 Å². The van der Waals surface area contributed by atoms with Gasteiger partial charge in [-0.05, 0) is 57.3 Å². The van der Waals surface area contributed by atoms with Crippen molar-refractivity contribution in [2.45, 2.75) is 0 Å². The first-order valence-corrected chi connectivity index (χ1v) is 6.03. The monoisotopic (exact) mass is 404 g/mol. The van der Waals surface area contributed by atoms with Gasteiger partial charge in [-0.3, -0.25) is 0 Å². The number of rotatable bonds is 0. The smallest absolute Gasteiger partial charge is 0.396 e. The maximum absolute atomic E-state index is 10.9.